The standard InChI is InChI=1S/C8H4ClF3N2/c9-7-5(1-2-13)3-14-4-6(7)8(10,11)12/h3-4H,1H2. The Morgan fingerprint density at radius 1 is 1.43 bits per heavy atom. The lowest BCUT2D eigenvalue weighted by atomic mass is 10.1. The number of hydrogen-bond donors (Lipinski definition) is 0. The fourth-order valence-electron chi connectivity index (χ4n) is 0.894. The van der Waals surface area contributed by atoms with Crippen LogP contribution in [0.4, 0.5) is 13.2 Å². The van der Waals surface area contributed by atoms with Gasteiger partial charge in [-0.25, -0.2) is 0 Å². The first-order chi connectivity index (χ1) is 6.46. The quantitative estimate of drug-likeness (QED) is 0.730. The molecule has 0 saturated carbocycles. The van der Waals surface area contributed by atoms with E-state index in [0.717, 1.165) is 6.20 Å². The summed E-state index contributed by atoms with van der Waals surface area (Å²) < 4.78 is 36.8. The van der Waals surface area contributed by atoms with Gasteiger partial charge in [0.05, 0.1) is 23.1 Å². The Morgan fingerprint density at radius 3 is 2.57 bits per heavy atom. The predicted molar refractivity (Wildman–Crippen MR) is 43.6 cm³/mol. The molecule has 0 N–H and O–H groups in total. The molecule has 2 nitrogen and oxygen atoms in total. The molecule has 0 atom stereocenters. The number of pyridine rings is 1. The predicted octanol–water partition coefficient (Wildman–Crippen LogP) is 2.82. The lowest BCUT2D eigenvalue weighted by molar-refractivity contribution is -0.137. The van der Waals surface area contributed by atoms with Crippen molar-refractivity contribution in [3.05, 3.63) is 28.5 Å². The summed E-state index contributed by atoms with van der Waals surface area (Å²) in [5.41, 5.74) is -0.920. The summed E-state index contributed by atoms with van der Waals surface area (Å²) in [6.45, 7) is 0. The van der Waals surface area contributed by atoms with Crippen LogP contribution in [-0.4, -0.2) is 4.98 Å². The van der Waals surface area contributed by atoms with Gasteiger partial charge in [0.15, 0.2) is 0 Å². The van der Waals surface area contributed by atoms with Gasteiger partial charge < -0.3 is 0 Å². The van der Waals surface area contributed by atoms with Gasteiger partial charge in [-0.3, -0.25) is 4.98 Å². The van der Waals surface area contributed by atoms with Gasteiger partial charge in [0.2, 0.25) is 0 Å². The van der Waals surface area contributed by atoms with Crippen molar-refractivity contribution in [1.82, 2.24) is 4.98 Å². The van der Waals surface area contributed by atoms with E-state index >= 15 is 0 Å². The molecule has 14 heavy (non-hydrogen) atoms. The fraction of sp³-hybridized carbons (Fsp3) is 0.250. The smallest absolute Gasteiger partial charge is 0.264 e. The SMILES string of the molecule is N#CCc1cncc(C(F)(F)F)c1Cl. The van der Waals surface area contributed by atoms with Crippen LogP contribution in [0.3, 0.4) is 0 Å². The van der Waals surface area contributed by atoms with Crippen molar-refractivity contribution < 1.29 is 13.2 Å². The van der Waals surface area contributed by atoms with E-state index in [9.17, 15) is 13.2 Å². The first-order valence-corrected chi connectivity index (χ1v) is 3.91. The number of halogens is 4. The summed E-state index contributed by atoms with van der Waals surface area (Å²) in [6.07, 6.45) is -2.92. The Balaban J connectivity index is 3.22. The fourth-order valence-corrected chi connectivity index (χ4v) is 1.17. The third-order valence-corrected chi connectivity index (χ3v) is 1.97. The summed E-state index contributed by atoms with van der Waals surface area (Å²) in [6, 6.07) is 1.71. The Bertz CT molecular complexity index is 381. The van der Waals surface area contributed by atoms with Gasteiger partial charge in [0.1, 0.15) is 0 Å². The highest BCUT2D eigenvalue weighted by molar-refractivity contribution is 6.32. The summed E-state index contributed by atoms with van der Waals surface area (Å²) in [7, 11) is 0. The molecule has 0 aliphatic rings. The van der Waals surface area contributed by atoms with E-state index in [2.05, 4.69) is 4.98 Å². The molecule has 0 fully saturated rings. The van der Waals surface area contributed by atoms with Crippen molar-refractivity contribution in [2.45, 2.75) is 12.6 Å². The lowest BCUT2D eigenvalue weighted by Gasteiger charge is -2.09. The number of aromatic nitrogens is 1. The first kappa shape index (κ1) is 10.8. The molecule has 0 bridgehead atoms. The minimum Gasteiger partial charge on any atom is -0.264 e. The zero-order chi connectivity index (χ0) is 10.8. The van der Waals surface area contributed by atoms with E-state index in [1.165, 1.54) is 0 Å². The van der Waals surface area contributed by atoms with Crippen molar-refractivity contribution in [2.75, 3.05) is 0 Å². The van der Waals surface area contributed by atoms with Crippen LogP contribution < -0.4 is 0 Å². The second kappa shape index (κ2) is 3.84. The number of hydrogen-bond acceptors (Lipinski definition) is 2. The van der Waals surface area contributed by atoms with Crippen LogP contribution >= 0.6 is 11.6 Å². The minimum atomic E-state index is -4.53. The average Bonchev–Trinajstić information content (AvgIpc) is 2.07. The molecule has 1 aromatic rings. The second-order valence-corrected chi connectivity index (χ2v) is 2.87. The molecule has 0 aliphatic carbocycles. The van der Waals surface area contributed by atoms with Crippen molar-refractivity contribution in [2.24, 2.45) is 0 Å². The van der Waals surface area contributed by atoms with Crippen LogP contribution in [0.15, 0.2) is 12.4 Å². The van der Waals surface area contributed by atoms with Gasteiger partial charge in [-0.2, -0.15) is 18.4 Å². The minimum absolute atomic E-state index is 0.0870. The molecule has 0 amide bonds. The molecular weight excluding hydrogens is 217 g/mol. The maximum atomic E-state index is 12.3. The maximum Gasteiger partial charge on any atom is 0.419 e. The lowest BCUT2D eigenvalue weighted by Crippen LogP contribution is -2.07. The number of alkyl halides is 3. The Morgan fingerprint density at radius 2 is 2.07 bits per heavy atom. The molecule has 0 radical (unpaired) electrons. The Hall–Kier alpha value is -1.28. The number of rotatable bonds is 1. The average molecular weight is 221 g/mol. The zero-order valence-corrected chi connectivity index (χ0v) is 7.52. The molecule has 0 saturated heterocycles. The molecule has 0 unspecified atom stereocenters. The topological polar surface area (TPSA) is 36.7 Å². The van der Waals surface area contributed by atoms with Crippen LogP contribution in [-0.2, 0) is 12.6 Å². The molecule has 1 rings (SSSR count). The summed E-state index contributed by atoms with van der Waals surface area (Å²) in [4.78, 5) is 3.37. The molecule has 0 spiro atoms. The van der Waals surface area contributed by atoms with E-state index < -0.39 is 16.8 Å². The third kappa shape index (κ3) is 2.15. The molecule has 74 valence electrons. The molecule has 0 aliphatic heterocycles. The van der Waals surface area contributed by atoms with Crippen LogP contribution in [0.2, 0.25) is 5.02 Å². The highest BCUT2D eigenvalue weighted by atomic mass is 35.5. The van der Waals surface area contributed by atoms with Gasteiger partial charge in [-0.15, -0.1) is 0 Å². The second-order valence-electron chi connectivity index (χ2n) is 2.49. The summed E-state index contributed by atoms with van der Waals surface area (Å²) in [5, 5.41) is 7.87. The van der Waals surface area contributed by atoms with E-state index in [4.69, 9.17) is 16.9 Å². The maximum absolute atomic E-state index is 12.3. The Labute approximate surface area is 82.9 Å². The van der Waals surface area contributed by atoms with Gasteiger partial charge in [-0.1, -0.05) is 11.6 Å². The van der Waals surface area contributed by atoms with Crippen molar-refractivity contribution in [3.8, 4) is 6.07 Å². The van der Waals surface area contributed by atoms with Crippen LogP contribution in [0.25, 0.3) is 0 Å². The van der Waals surface area contributed by atoms with Crippen molar-refractivity contribution in [3.63, 3.8) is 0 Å². The van der Waals surface area contributed by atoms with Crippen molar-refractivity contribution >= 4 is 11.6 Å². The molecule has 6 heteroatoms. The van der Waals surface area contributed by atoms with Gasteiger partial charge in [-0.05, 0) is 0 Å². The molecular formula is C8H4ClF3N2. The van der Waals surface area contributed by atoms with Crippen LogP contribution in [0.1, 0.15) is 11.1 Å². The molecule has 0 aromatic carbocycles. The monoisotopic (exact) mass is 220 g/mol. The Kier molecular flexibility index (Phi) is 2.96. The van der Waals surface area contributed by atoms with Crippen molar-refractivity contribution in [1.29, 1.82) is 5.26 Å². The van der Waals surface area contributed by atoms with Crippen LogP contribution in [0, 0.1) is 11.3 Å². The number of nitrogens with zero attached hydrogens (tertiary/aromatic N) is 2. The van der Waals surface area contributed by atoms with Crippen LogP contribution in [0.5, 0.6) is 0 Å². The van der Waals surface area contributed by atoms with E-state index in [0.29, 0.717) is 6.20 Å². The summed E-state index contributed by atoms with van der Waals surface area (Å²) >= 11 is 5.46. The normalized spacial score (nSPS) is 11.1. The summed E-state index contributed by atoms with van der Waals surface area (Å²) in [5.74, 6) is 0. The zero-order valence-electron chi connectivity index (χ0n) is 6.77. The molecule has 1 heterocycles. The largest absolute Gasteiger partial charge is 0.419 e. The van der Waals surface area contributed by atoms with E-state index in [1.807, 2.05) is 0 Å². The van der Waals surface area contributed by atoms with Gasteiger partial charge in [0, 0.05) is 18.0 Å². The first-order valence-electron chi connectivity index (χ1n) is 3.53. The van der Waals surface area contributed by atoms with E-state index in [-0.39, 0.29) is 12.0 Å². The number of nitriles is 1. The van der Waals surface area contributed by atoms with Gasteiger partial charge >= 0.3 is 6.18 Å². The highest BCUT2D eigenvalue weighted by Crippen LogP contribution is 2.35. The highest BCUT2D eigenvalue weighted by Gasteiger charge is 2.34. The van der Waals surface area contributed by atoms with Gasteiger partial charge in [0.25, 0.3) is 0 Å². The molecule has 1 aromatic heterocycles. The third-order valence-electron chi connectivity index (χ3n) is 1.53. The van der Waals surface area contributed by atoms with E-state index in [1.54, 1.807) is 6.07 Å².